The van der Waals surface area contributed by atoms with Crippen molar-refractivity contribution in [1.29, 1.82) is 0 Å². The summed E-state index contributed by atoms with van der Waals surface area (Å²) in [6.45, 7) is 3.69. The van der Waals surface area contributed by atoms with Crippen LogP contribution in [0.25, 0.3) is 0 Å². The molecular weight excluding hydrogens is 318 g/mol. The minimum Gasteiger partial charge on any atom is -0.486 e. The van der Waals surface area contributed by atoms with Crippen LogP contribution >= 0.6 is 0 Å². The van der Waals surface area contributed by atoms with Crippen LogP contribution in [0.5, 0.6) is 11.5 Å². The van der Waals surface area contributed by atoms with Gasteiger partial charge in [0.05, 0.1) is 12.1 Å². The third kappa shape index (κ3) is 2.74. The molecule has 0 aromatic heterocycles. The molecule has 5 heteroatoms. The SMILES string of the molecule is Cc1ccccc1[C@]1(O)CCN(C(=O)c2cccc3c2OCCO3)C1. The summed E-state index contributed by atoms with van der Waals surface area (Å²) >= 11 is 0. The van der Waals surface area contributed by atoms with Crippen LogP contribution in [0, 0.1) is 6.92 Å². The maximum atomic E-state index is 13.0. The topological polar surface area (TPSA) is 59.0 Å². The van der Waals surface area contributed by atoms with E-state index >= 15 is 0 Å². The summed E-state index contributed by atoms with van der Waals surface area (Å²) in [5.74, 6) is 0.974. The number of aryl methyl sites for hydroxylation is 1. The van der Waals surface area contributed by atoms with Gasteiger partial charge in [-0.05, 0) is 36.6 Å². The van der Waals surface area contributed by atoms with Crippen molar-refractivity contribution in [1.82, 2.24) is 4.90 Å². The first-order chi connectivity index (χ1) is 12.1. The first-order valence-corrected chi connectivity index (χ1v) is 8.55. The largest absolute Gasteiger partial charge is 0.486 e. The number of hydrogen-bond donors (Lipinski definition) is 1. The number of rotatable bonds is 2. The van der Waals surface area contributed by atoms with Gasteiger partial charge in [0.25, 0.3) is 5.91 Å². The van der Waals surface area contributed by atoms with Crippen molar-refractivity contribution >= 4 is 5.91 Å². The standard InChI is InChI=1S/C20H21NO4/c1-14-5-2-3-7-16(14)20(23)9-10-21(13-20)19(22)15-6-4-8-17-18(15)25-12-11-24-17/h2-8,23H,9-13H2,1H3/t20-/m0/s1. The minimum atomic E-state index is -1.01. The molecule has 2 aromatic rings. The van der Waals surface area contributed by atoms with E-state index in [1.54, 1.807) is 23.1 Å². The predicted octanol–water partition coefficient (Wildman–Crippen LogP) is 2.50. The van der Waals surface area contributed by atoms with Gasteiger partial charge in [0, 0.05) is 6.54 Å². The van der Waals surface area contributed by atoms with Gasteiger partial charge < -0.3 is 19.5 Å². The molecule has 2 aliphatic heterocycles. The van der Waals surface area contributed by atoms with E-state index in [9.17, 15) is 9.90 Å². The van der Waals surface area contributed by atoms with Gasteiger partial charge in [-0.3, -0.25) is 4.79 Å². The van der Waals surface area contributed by atoms with Gasteiger partial charge in [0.2, 0.25) is 0 Å². The Morgan fingerprint density at radius 2 is 1.92 bits per heavy atom. The van der Waals surface area contributed by atoms with Crippen molar-refractivity contribution in [3.63, 3.8) is 0 Å². The maximum absolute atomic E-state index is 13.0. The highest BCUT2D eigenvalue weighted by Gasteiger charge is 2.41. The van der Waals surface area contributed by atoms with Crippen molar-refractivity contribution in [2.24, 2.45) is 0 Å². The Kier molecular flexibility index (Phi) is 3.88. The van der Waals surface area contributed by atoms with Gasteiger partial charge in [-0.2, -0.15) is 0 Å². The average molecular weight is 339 g/mol. The highest BCUT2D eigenvalue weighted by atomic mass is 16.6. The van der Waals surface area contributed by atoms with E-state index in [0.717, 1.165) is 11.1 Å². The Hall–Kier alpha value is -2.53. The molecule has 1 amide bonds. The lowest BCUT2D eigenvalue weighted by atomic mass is 9.89. The Balaban J connectivity index is 1.60. The molecule has 0 bridgehead atoms. The summed E-state index contributed by atoms with van der Waals surface area (Å²) in [6, 6.07) is 13.1. The van der Waals surface area contributed by atoms with E-state index in [-0.39, 0.29) is 12.5 Å². The number of β-amino-alcohol motifs (C(OH)–C–C–N with tert-alkyl or cyclic N) is 1. The number of amides is 1. The highest BCUT2D eigenvalue weighted by molar-refractivity contribution is 5.98. The van der Waals surface area contributed by atoms with Crippen molar-refractivity contribution in [3.05, 3.63) is 59.2 Å². The van der Waals surface area contributed by atoms with Gasteiger partial charge in [-0.25, -0.2) is 0 Å². The van der Waals surface area contributed by atoms with Crippen LogP contribution in [0.1, 0.15) is 27.9 Å². The summed E-state index contributed by atoms with van der Waals surface area (Å²) in [5, 5.41) is 11.1. The first-order valence-electron chi connectivity index (χ1n) is 8.55. The Bertz CT molecular complexity index is 819. The zero-order chi connectivity index (χ0) is 17.4. The minimum absolute atomic E-state index is 0.133. The van der Waals surface area contributed by atoms with Crippen molar-refractivity contribution in [2.45, 2.75) is 18.9 Å². The molecule has 0 spiro atoms. The molecule has 4 rings (SSSR count). The summed E-state index contributed by atoms with van der Waals surface area (Å²) in [5.41, 5.74) is 1.41. The van der Waals surface area contributed by atoms with Crippen LogP contribution < -0.4 is 9.47 Å². The third-order valence-electron chi connectivity index (χ3n) is 4.98. The number of carbonyl (C=O) groups excluding carboxylic acids is 1. The number of benzene rings is 2. The highest BCUT2D eigenvalue weighted by Crippen LogP contribution is 2.38. The molecule has 25 heavy (non-hydrogen) atoms. The molecule has 1 atom stereocenters. The van der Waals surface area contributed by atoms with Gasteiger partial charge in [-0.1, -0.05) is 30.3 Å². The summed E-state index contributed by atoms with van der Waals surface area (Å²) in [6.07, 6.45) is 0.524. The lowest BCUT2D eigenvalue weighted by Crippen LogP contribution is -2.35. The van der Waals surface area contributed by atoms with Crippen LogP contribution in [-0.4, -0.2) is 42.2 Å². The van der Waals surface area contributed by atoms with Crippen LogP contribution in [0.2, 0.25) is 0 Å². The maximum Gasteiger partial charge on any atom is 0.257 e. The molecule has 5 nitrogen and oxygen atoms in total. The fourth-order valence-corrected chi connectivity index (χ4v) is 3.69. The second-order valence-corrected chi connectivity index (χ2v) is 6.65. The molecule has 2 aliphatic rings. The molecule has 1 N–H and O–H groups in total. The zero-order valence-corrected chi connectivity index (χ0v) is 14.2. The Labute approximate surface area is 146 Å². The van der Waals surface area contributed by atoms with Gasteiger partial charge in [0.15, 0.2) is 11.5 Å². The molecule has 0 aliphatic carbocycles. The fraction of sp³-hybridized carbons (Fsp3) is 0.350. The smallest absolute Gasteiger partial charge is 0.257 e. The first kappa shape index (κ1) is 16.0. The molecule has 1 fully saturated rings. The molecule has 0 unspecified atom stereocenters. The molecular formula is C20H21NO4. The predicted molar refractivity (Wildman–Crippen MR) is 93.0 cm³/mol. The molecule has 2 aromatic carbocycles. The van der Waals surface area contributed by atoms with E-state index in [1.807, 2.05) is 31.2 Å². The molecule has 0 radical (unpaired) electrons. The molecule has 2 heterocycles. The number of para-hydroxylation sites is 1. The monoisotopic (exact) mass is 339 g/mol. The zero-order valence-electron chi connectivity index (χ0n) is 14.2. The number of nitrogens with zero attached hydrogens (tertiary/aromatic N) is 1. The Morgan fingerprint density at radius 1 is 1.12 bits per heavy atom. The van der Waals surface area contributed by atoms with Crippen LogP contribution in [0.3, 0.4) is 0 Å². The molecule has 1 saturated heterocycles. The van der Waals surface area contributed by atoms with E-state index < -0.39 is 5.60 Å². The van der Waals surface area contributed by atoms with E-state index in [2.05, 4.69) is 0 Å². The van der Waals surface area contributed by atoms with Crippen molar-refractivity contribution in [2.75, 3.05) is 26.3 Å². The summed E-state index contributed by atoms with van der Waals surface area (Å²) < 4.78 is 11.2. The second-order valence-electron chi connectivity index (χ2n) is 6.65. The molecule has 0 saturated carbocycles. The second kappa shape index (κ2) is 6.08. The fourth-order valence-electron chi connectivity index (χ4n) is 3.69. The normalized spacial score (nSPS) is 22.1. The average Bonchev–Trinajstić information content (AvgIpc) is 3.04. The number of fused-ring (bicyclic) bond motifs is 1. The number of likely N-dealkylation sites (tertiary alicyclic amines) is 1. The van der Waals surface area contributed by atoms with Gasteiger partial charge in [-0.15, -0.1) is 0 Å². The van der Waals surface area contributed by atoms with Crippen LogP contribution in [0.4, 0.5) is 0 Å². The van der Waals surface area contributed by atoms with Crippen molar-refractivity contribution < 1.29 is 19.4 Å². The number of ether oxygens (including phenoxy) is 2. The number of carbonyl (C=O) groups is 1. The lowest BCUT2D eigenvalue weighted by molar-refractivity contribution is 0.0410. The van der Waals surface area contributed by atoms with E-state index in [4.69, 9.17) is 9.47 Å². The molecule has 130 valence electrons. The summed E-state index contributed by atoms with van der Waals surface area (Å²) in [4.78, 5) is 14.7. The number of hydrogen-bond acceptors (Lipinski definition) is 4. The third-order valence-corrected chi connectivity index (χ3v) is 4.98. The quantitative estimate of drug-likeness (QED) is 0.913. The van der Waals surface area contributed by atoms with E-state index in [0.29, 0.717) is 43.2 Å². The van der Waals surface area contributed by atoms with Gasteiger partial charge in [0.1, 0.15) is 18.8 Å². The van der Waals surface area contributed by atoms with E-state index in [1.165, 1.54) is 0 Å². The van der Waals surface area contributed by atoms with Crippen LogP contribution in [0.15, 0.2) is 42.5 Å². The Morgan fingerprint density at radius 3 is 2.76 bits per heavy atom. The summed E-state index contributed by atoms with van der Waals surface area (Å²) in [7, 11) is 0. The van der Waals surface area contributed by atoms with Gasteiger partial charge >= 0.3 is 0 Å². The lowest BCUT2D eigenvalue weighted by Gasteiger charge is -2.26. The van der Waals surface area contributed by atoms with Crippen molar-refractivity contribution in [3.8, 4) is 11.5 Å². The number of aliphatic hydroxyl groups is 1. The van der Waals surface area contributed by atoms with Crippen LogP contribution in [-0.2, 0) is 5.60 Å².